The monoisotopic (exact) mass is 378 g/mol. The number of carboxylic acid groups (broad SMARTS) is 1. The Labute approximate surface area is 150 Å². The molecule has 0 aromatic heterocycles. The van der Waals surface area contributed by atoms with E-state index in [2.05, 4.69) is 0 Å². The molecule has 1 saturated carbocycles. The van der Waals surface area contributed by atoms with E-state index >= 15 is 0 Å². The average molecular weight is 378 g/mol. The molecule has 0 radical (unpaired) electrons. The fourth-order valence-electron chi connectivity index (χ4n) is 3.78. The molecule has 1 saturated heterocycles. The molecule has 1 aliphatic heterocycles. The molecule has 2 aliphatic rings. The highest BCUT2D eigenvalue weighted by atomic mass is 19.4. The lowest BCUT2D eigenvalue weighted by molar-refractivity contribution is -0.187. The Bertz CT molecular complexity index is 545. The molecule has 0 spiro atoms. The van der Waals surface area contributed by atoms with Gasteiger partial charge in [-0.3, -0.25) is 14.4 Å². The first-order valence-corrected chi connectivity index (χ1v) is 8.92. The fraction of sp³-hybridized carbons (Fsp3) is 0.824. The van der Waals surface area contributed by atoms with Gasteiger partial charge in [-0.25, -0.2) is 0 Å². The lowest BCUT2D eigenvalue weighted by Gasteiger charge is -2.34. The molecule has 0 bridgehead atoms. The summed E-state index contributed by atoms with van der Waals surface area (Å²) in [4.78, 5) is 38.4. The molecule has 26 heavy (non-hydrogen) atoms. The summed E-state index contributed by atoms with van der Waals surface area (Å²) in [6, 6.07) is 0. The number of likely N-dealkylation sites (tertiary alicyclic amines) is 1. The molecule has 2 atom stereocenters. The van der Waals surface area contributed by atoms with Crippen LogP contribution in [-0.2, 0) is 14.4 Å². The van der Waals surface area contributed by atoms with E-state index in [1.165, 1.54) is 16.8 Å². The van der Waals surface area contributed by atoms with E-state index in [1.807, 2.05) is 0 Å². The number of hydrogen-bond donors (Lipinski definition) is 1. The molecule has 1 aliphatic carbocycles. The smallest absolute Gasteiger partial charge is 0.391 e. The molecule has 1 N–H and O–H groups in total. The highest BCUT2D eigenvalue weighted by molar-refractivity contribution is 5.86. The lowest BCUT2D eigenvalue weighted by Crippen LogP contribution is -2.47. The maximum absolute atomic E-state index is 12.9. The number of hydrogen-bond acceptors (Lipinski definition) is 3. The van der Waals surface area contributed by atoms with Crippen LogP contribution in [0.4, 0.5) is 13.2 Å². The number of carbonyl (C=O) groups excluding carboxylic acids is 2. The van der Waals surface area contributed by atoms with Crippen molar-refractivity contribution in [3.63, 3.8) is 0 Å². The molecule has 148 valence electrons. The summed E-state index contributed by atoms with van der Waals surface area (Å²) in [5, 5.41) is 8.97. The summed E-state index contributed by atoms with van der Waals surface area (Å²) in [7, 11) is 1.43. The van der Waals surface area contributed by atoms with E-state index in [0.29, 0.717) is 38.8 Å². The van der Waals surface area contributed by atoms with E-state index < -0.39 is 35.8 Å². The zero-order chi connectivity index (χ0) is 19.5. The summed E-state index contributed by atoms with van der Waals surface area (Å²) in [6.07, 6.45) is -2.95. The number of halogens is 3. The first-order chi connectivity index (χ1) is 12.1. The van der Waals surface area contributed by atoms with Crippen molar-refractivity contribution in [2.75, 3.05) is 26.7 Å². The van der Waals surface area contributed by atoms with Crippen LogP contribution in [0.25, 0.3) is 0 Å². The average Bonchev–Trinajstić information content (AvgIpc) is 2.60. The van der Waals surface area contributed by atoms with Crippen molar-refractivity contribution >= 4 is 17.8 Å². The molecule has 0 aromatic carbocycles. The van der Waals surface area contributed by atoms with Gasteiger partial charge in [-0.05, 0) is 32.1 Å². The van der Waals surface area contributed by atoms with Crippen molar-refractivity contribution in [1.82, 2.24) is 9.80 Å². The molecular weight excluding hydrogens is 353 g/mol. The molecule has 1 heterocycles. The number of likely N-dealkylation sites (N-methyl/N-ethyl adjacent to an activating group) is 1. The second kappa shape index (κ2) is 8.26. The molecule has 2 unspecified atom stereocenters. The molecule has 2 fully saturated rings. The molecule has 2 amide bonds. The van der Waals surface area contributed by atoms with E-state index in [-0.39, 0.29) is 25.3 Å². The highest BCUT2D eigenvalue weighted by Crippen LogP contribution is 2.40. The number of alkyl halides is 3. The third-order valence-electron chi connectivity index (χ3n) is 5.43. The number of amides is 2. The van der Waals surface area contributed by atoms with Gasteiger partial charge in [0.25, 0.3) is 0 Å². The Morgan fingerprint density at radius 2 is 1.69 bits per heavy atom. The third-order valence-corrected chi connectivity index (χ3v) is 5.43. The van der Waals surface area contributed by atoms with Crippen LogP contribution >= 0.6 is 0 Å². The number of aliphatic carboxylic acids is 1. The van der Waals surface area contributed by atoms with Crippen LogP contribution in [0.2, 0.25) is 0 Å². The Morgan fingerprint density at radius 1 is 1.08 bits per heavy atom. The number of carboxylic acids is 1. The van der Waals surface area contributed by atoms with Crippen LogP contribution in [0.15, 0.2) is 0 Å². The van der Waals surface area contributed by atoms with E-state index in [4.69, 9.17) is 5.11 Å². The zero-order valence-corrected chi connectivity index (χ0v) is 14.8. The molecular formula is C17H25F3N2O4. The molecule has 9 heteroatoms. The summed E-state index contributed by atoms with van der Waals surface area (Å²) >= 11 is 0. The van der Waals surface area contributed by atoms with Crippen LogP contribution in [0, 0.1) is 17.8 Å². The summed E-state index contributed by atoms with van der Waals surface area (Å²) in [6.45, 7) is 0.443. The van der Waals surface area contributed by atoms with Gasteiger partial charge in [0.1, 0.15) is 0 Å². The van der Waals surface area contributed by atoms with Crippen LogP contribution in [0.1, 0.15) is 38.5 Å². The SMILES string of the molecule is CN(CC(=O)N1CCC(C(=O)O)CC1)C(=O)C1CCCC(C(F)(F)F)C1. The second-order valence-electron chi connectivity index (χ2n) is 7.29. The first-order valence-electron chi connectivity index (χ1n) is 8.92. The summed E-state index contributed by atoms with van der Waals surface area (Å²) in [5.74, 6) is -4.21. The van der Waals surface area contributed by atoms with Crippen molar-refractivity contribution in [3.05, 3.63) is 0 Å². The minimum atomic E-state index is -4.29. The van der Waals surface area contributed by atoms with Gasteiger partial charge in [0, 0.05) is 26.1 Å². The highest BCUT2D eigenvalue weighted by Gasteiger charge is 2.44. The largest absolute Gasteiger partial charge is 0.481 e. The lowest BCUT2D eigenvalue weighted by atomic mass is 9.80. The molecule has 6 nitrogen and oxygen atoms in total. The zero-order valence-electron chi connectivity index (χ0n) is 14.8. The Kier molecular flexibility index (Phi) is 6.52. The van der Waals surface area contributed by atoms with Gasteiger partial charge < -0.3 is 14.9 Å². The number of nitrogens with zero attached hydrogens (tertiary/aromatic N) is 2. The van der Waals surface area contributed by atoms with Gasteiger partial charge in [-0.2, -0.15) is 13.2 Å². The van der Waals surface area contributed by atoms with Crippen LogP contribution in [0.5, 0.6) is 0 Å². The van der Waals surface area contributed by atoms with Gasteiger partial charge in [0.15, 0.2) is 0 Å². The van der Waals surface area contributed by atoms with Crippen molar-refractivity contribution in [3.8, 4) is 0 Å². The maximum atomic E-state index is 12.9. The molecule has 2 rings (SSSR count). The minimum absolute atomic E-state index is 0.0500. The van der Waals surface area contributed by atoms with Gasteiger partial charge in [0.2, 0.25) is 11.8 Å². The quantitative estimate of drug-likeness (QED) is 0.813. The Morgan fingerprint density at radius 3 is 2.23 bits per heavy atom. The summed E-state index contributed by atoms with van der Waals surface area (Å²) in [5.41, 5.74) is 0. The molecule has 0 aromatic rings. The van der Waals surface area contributed by atoms with Crippen molar-refractivity contribution in [1.29, 1.82) is 0 Å². The number of rotatable bonds is 4. The van der Waals surface area contributed by atoms with Crippen molar-refractivity contribution < 1.29 is 32.7 Å². The second-order valence-corrected chi connectivity index (χ2v) is 7.29. The third kappa shape index (κ3) is 5.11. The van der Waals surface area contributed by atoms with Gasteiger partial charge in [-0.15, -0.1) is 0 Å². The topological polar surface area (TPSA) is 77.9 Å². The van der Waals surface area contributed by atoms with Crippen LogP contribution in [-0.4, -0.2) is 65.5 Å². The fourth-order valence-corrected chi connectivity index (χ4v) is 3.78. The normalized spacial score (nSPS) is 25.0. The van der Waals surface area contributed by atoms with Gasteiger partial charge in [0.05, 0.1) is 18.4 Å². The standard InChI is InChI=1S/C17H25F3N2O4/c1-21(10-14(23)22-7-5-11(6-8-22)16(25)26)15(24)12-3-2-4-13(9-12)17(18,19)20/h11-13H,2-10H2,1H3,(H,25,26). The van der Waals surface area contributed by atoms with Crippen LogP contribution < -0.4 is 0 Å². The summed E-state index contributed by atoms with van der Waals surface area (Å²) < 4.78 is 38.7. The van der Waals surface area contributed by atoms with Crippen LogP contribution in [0.3, 0.4) is 0 Å². The predicted molar refractivity (Wildman–Crippen MR) is 86.1 cm³/mol. The van der Waals surface area contributed by atoms with Crippen molar-refractivity contribution in [2.45, 2.75) is 44.7 Å². The van der Waals surface area contributed by atoms with E-state index in [1.54, 1.807) is 0 Å². The number of carbonyl (C=O) groups is 3. The maximum Gasteiger partial charge on any atom is 0.391 e. The van der Waals surface area contributed by atoms with E-state index in [9.17, 15) is 27.6 Å². The first kappa shape index (κ1) is 20.5. The van der Waals surface area contributed by atoms with Gasteiger partial charge in [-0.1, -0.05) is 6.42 Å². The van der Waals surface area contributed by atoms with E-state index in [0.717, 1.165) is 0 Å². The van der Waals surface area contributed by atoms with Crippen molar-refractivity contribution in [2.24, 2.45) is 17.8 Å². The predicted octanol–water partition coefficient (Wildman–Crippen LogP) is 2.14. The van der Waals surface area contributed by atoms with Gasteiger partial charge >= 0.3 is 12.1 Å². The number of piperidine rings is 1. The Hall–Kier alpha value is -1.80. The Balaban J connectivity index is 1.85. The minimum Gasteiger partial charge on any atom is -0.481 e.